The molecule has 1 aromatic rings. The zero-order valence-corrected chi connectivity index (χ0v) is 14.5. The first kappa shape index (κ1) is 17.2. The highest BCUT2D eigenvalue weighted by atomic mass is 16.5. The van der Waals surface area contributed by atoms with Crippen LogP contribution in [-0.4, -0.2) is 60.7 Å². The minimum Gasteiger partial charge on any atom is -0.497 e. The molecule has 2 heterocycles. The number of rotatable bonds is 5. The molecule has 1 amide bonds. The Labute approximate surface area is 144 Å². The number of carbonyl (C=O) groups excluding carboxylic acids is 1. The van der Waals surface area contributed by atoms with E-state index in [1.807, 2.05) is 17.0 Å². The summed E-state index contributed by atoms with van der Waals surface area (Å²) < 4.78 is 5.21. The molecule has 0 aliphatic carbocycles. The second kappa shape index (κ2) is 7.53. The quantitative estimate of drug-likeness (QED) is 0.895. The fourth-order valence-corrected chi connectivity index (χ4v) is 4.01. The van der Waals surface area contributed by atoms with Crippen molar-refractivity contribution >= 4 is 5.91 Å². The molecule has 0 aromatic heterocycles. The topological polar surface area (TPSA) is 53.0 Å². The van der Waals surface area contributed by atoms with Crippen molar-refractivity contribution in [1.82, 2.24) is 9.80 Å². The molecule has 0 radical (unpaired) electrons. The van der Waals surface area contributed by atoms with Gasteiger partial charge in [-0.3, -0.25) is 9.69 Å². The smallest absolute Gasteiger partial charge is 0.222 e. The molecule has 24 heavy (non-hydrogen) atoms. The number of β-amino-alcohol motifs (C(OH)–C–C–N with tert-alkyl or cyclic N) is 1. The number of amides is 1. The normalized spacial score (nSPS) is 21.2. The molecule has 132 valence electrons. The molecule has 2 saturated heterocycles. The highest BCUT2D eigenvalue weighted by molar-refractivity contribution is 5.77. The van der Waals surface area contributed by atoms with Crippen molar-refractivity contribution in [2.75, 3.05) is 39.9 Å². The van der Waals surface area contributed by atoms with E-state index in [-0.39, 0.29) is 17.9 Å². The van der Waals surface area contributed by atoms with Gasteiger partial charge in [0.25, 0.3) is 0 Å². The van der Waals surface area contributed by atoms with E-state index in [4.69, 9.17) is 9.84 Å². The SMILES string of the molecule is COc1ccc(CN2CCC3(CCC(=O)N(CCO)C3)CC2)cc1. The van der Waals surface area contributed by atoms with Crippen LogP contribution >= 0.6 is 0 Å². The maximum Gasteiger partial charge on any atom is 0.222 e. The van der Waals surface area contributed by atoms with Crippen LogP contribution in [0.25, 0.3) is 0 Å². The predicted molar refractivity (Wildman–Crippen MR) is 92.8 cm³/mol. The molecule has 0 bridgehead atoms. The third-order valence-corrected chi connectivity index (χ3v) is 5.60. The van der Waals surface area contributed by atoms with Crippen molar-refractivity contribution in [3.8, 4) is 5.75 Å². The minimum absolute atomic E-state index is 0.0609. The molecule has 3 rings (SSSR count). The molecule has 1 spiro atoms. The summed E-state index contributed by atoms with van der Waals surface area (Å²) in [4.78, 5) is 16.3. The summed E-state index contributed by atoms with van der Waals surface area (Å²) in [5.41, 5.74) is 1.58. The molecule has 5 heteroatoms. The lowest BCUT2D eigenvalue weighted by Crippen LogP contribution is -2.51. The molecule has 2 aliphatic rings. The number of nitrogens with zero attached hydrogens (tertiary/aromatic N) is 2. The third-order valence-electron chi connectivity index (χ3n) is 5.60. The highest BCUT2D eigenvalue weighted by Gasteiger charge is 2.40. The van der Waals surface area contributed by atoms with Gasteiger partial charge in [0, 0.05) is 26.1 Å². The van der Waals surface area contributed by atoms with E-state index in [2.05, 4.69) is 17.0 Å². The number of hydrogen-bond donors (Lipinski definition) is 1. The Hall–Kier alpha value is -1.59. The molecule has 1 aromatic carbocycles. The number of hydrogen-bond acceptors (Lipinski definition) is 4. The van der Waals surface area contributed by atoms with Crippen LogP contribution in [0.5, 0.6) is 5.75 Å². The Morgan fingerprint density at radius 2 is 1.88 bits per heavy atom. The molecule has 5 nitrogen and oxygen atoms in total. The van der Waals surface area contributed by atoms with Gasteiger partial charge in [0.2, 0.25) is 5.91 Å². The monoisotopic (exact) mass is 332 g/mol. The standard InChI is InChI=1S/C19H28N2O3/c1-24-17-4-2-16(3-5-17)14-20-10-8-19(9-11-20)7-6-18(23)21(15-19)12-13-22/h2-5,22H,6-15H2,1H3. The largest absolute Gasteiger partial charge is 0.497 e. The summed E-state index contributed by atoms with van der Waals surface area (Å²) in [7, 11) is 1.69. The molecule has 2 aliphatic heterocycles. The fraction of sp³-hybridized carbons (Fsp3) is 0.632. The number of benzene rings is 1. The second-order valence-corrected chi connectivity index (χ2v) is 7.16. The number of aliphatic hydroxyl groups excluding tert-OH is 1. The first-order valence-electron chi connectivity index (χ1n) is 8.88. The van der Waals surface area contributed by atoms with E-state index in [0.717, 1.165) is 51.2 Å². The second-order valence-electron chi connectivity index (χ2n) is 7.16. The number of ether oxygens (including phenoxy) is 1. The van der Waals surface area contributed by atoms with Crippen LogP contribution in [0.15, 0.2) is 24.3 Å². The van der Waals surface area contributed by atoms with Crippen LogP contribution in [0.2, 0.25) is 0 Å². The molecule has 0 atom stereocenters. The van der Waals surface area contributed by atoms with Crippen LogP contribution in [0.1, 0.15) is 31.2 Å². The molecule has 1 N–H and O–H groups in total. The van der Waals surface area contributed by atoms with Crippen molar-refractivity contribution in [2.24, 2.45) is 5.41 Å². The average molecular weight is 332 g/mol. The van der Waals surface area contributed by atoms with Gasteiger partial charge in [-0.1, -0.05) is 12.1 Å². The summed E-state index contributed by atoms with van der Waals surface area (Å²) >= 11 is 0. The van der Waals surface area contributed by atoms with Gasteiger partial charge in [0.1, 0.15) is 5.75 Å². The lowest BCUT2D eigenvalue weighted by Gasteiger charge is -2.47. The van der Waals surface area contributed by atoms with Gasteiger partial charge >= 0.3 is 0 Å². The molecule has 0 saturated carbocycles. The zero-order valence-electron chi connectivity index (χ0n) is 14.5. The van der Waals surface area contributed by atoms with Crippen LogP contribution in [-0.2, 0) is 11.3 Å². The summed E-state index contributed by atoms with van der Waals surface area (Å²) in [6.45, 7) is 4.49. The summed E-state index contributed by atoms with van der Waals surface area (Å²) in [5.74, 6) is 1.10. The van der Waals surface area contributed by atoms with Crippen LogP contribution in [0.3, 0.4) is 0 Å². The summed E-state index contributed by atoms with van der Waals surface area (Å²) in [6, 6.07) is 8.29. The van der Waals surface area contributed by atoms with Crippen molar-refractivity contribution in [3.63, 3.8) is 0 Å². The number of piperidine rings is 2. The van der Waals surface area contributed by atoms with Crippen molar-refractivity contribution in [2.45, 2.75) is 32.2 Å². The van der Waals surface area contributed by atoms with E-state index in [0.29, 0.717) is 13.0 Å². The lowest BCUT2D eigenvalue weighted by atomic mass is 9.72. The van der Waals surface area contributed by atoms with E-state index in [1.54, 1.807) is 7.11 Å². The first-order chi connectivity index (χ1) is 11.6. The van der Waals surface area contributed by atoms with Gasteiger partial charge in [-0.15, -0.1) is 0 Å². The maximum atomic E-state index is 12.0. The number of likely N-dealkylation sites (tertiary alicyclic amines) is 2. The zero-order chi connectivity index (χ0) is 17.0. The van der Waals surface area contributed by atoms with E-state index >= 15 is 0 Å². The van der Waals surface area contributed by atoms with Crippen LogP contribution in [0.4, 0.5) is 0 Å². The lowest BCUT2D eigenvalue weighted by molar-refractivity contribution is -0.139. The number of carbonyl (C=O) groups is 1. The van der Waals surface area contributed by atoms with Crippen molar-refractivity contribution < 1.29 is 14.6 Å². The minimum atomic E-state index is 0.0609. The molecule has 2 fully saturated rings. The first-order valence-corrected chi connectivity index (χ1v) is 8.88. The molecular formula is C19H28N2O3. The van der Waals surface area contributed by atoms with Gasteiger partial charge in [-0.05, 0) is 55.5 Å². The Bertz CT molecular complexity index is 550. The Kier molecular flexibility index (Phi) is 5.41. The highest BCUT2D eigenvalue weighted by Crippen LogP contribution is 2.40. The van der Waals surface area contributed by atoms with E-state index in [1.165, 1.54) is 5.56 Å². The van der Waals surface area contributed by atoms with Crippen LogP contribution < -0.4 is 4.74 Å². The Balaban J connectivity index is 1.54. The number of methoxy groups -OCH3 is 1. The Morgan fingerprint density at radius 3 is 2.50 bits per heavy atom. The average Bonchev–Trinajstić information content (AvgIpc) is 2.61. The molecule has 0 unspecified atom stereocenters. The molecular weight excluding hydrogens is 304 g/mol. The van der Waals surface area contributed by atoms with Crippen molar-refractivity contribution in [1.29, 1.82) is 0 Å². The summed E-state index contributed by atoms with van der Waals surface area (Å²) in [6.07, 6.45) is 3.92. The van der Waals surface area contributed by atoms with Gasteiger partial charge < -0.3 is 14.7 Å². The van der Waals surface area contributed by atoms with Gasteiger partial charge in [-0.2, -0.15) is 0 Å². The van der Waals surface area contributed by atoms with Gasteiger partial charge in [0.05, 0.1) is 13.7 Å². The van der Waals surface area contributed by atoms with Crippen molar-refractivity contribution in [3.05, 3.63) is 29.8 Å². The number of aliphatic hydroxyl groups is 1. The van der Waals surface area contributed by atoms with Gasteiger partial charge in [0.15, 0.2) is 0 Å². The Morgan fingerprint density at radius 1 is 1.17 bits per heavy atom. The van der Waals surface area contributed by atoms with Crippen LogP contribution in [0, 0.1) is 5.41 Å². The fourth-order valence-electron chi connectivity index (χ4n) is 4.01. The third kappa shape index (κ3) is 3.90. The maximum absolute atomic E-state index is 12.0. The predicted octanol–water partition coefficient (Wildman–Crippen LogP) is 1.89. The summed E-state index contributed by atoms with van der Waals surface area (Å²) in [5, 5.41) is 9.16. The van der Waals surface area contributed by atoms with Gasteiger partial charge in [-0.25, -0.2) is 0 Å². The van der Waals surface area contributed by atoms with E-state index in [9.17, 15) is 4.79 Å². The van der Waals surface area contributed by atoms with E-state index < -0.39 is 0 Å².